The molecule has 0 spiro atoms. The van der Waals surface area contributed by atoms with E-state index < -0.39 is 41.6 Å². The Hall–Kier alpha value is -2.12. The molecule has 3 rings (SSSR count). The molecular weight excluding hydrogens is 328 g/mol. The summed E-state index contributed by atoms with van der Waals surface area (Å²) in [5, 5.41) is 0. The van der Waals surface area contributed by atoms with Crippen LogP contribution in [0.15, 0.2) is 0 Å². The van der Waals surface area contributed by atoms with E-state index in [2.05, 4.69) is 0 Å². The lowest BCUT2D eigenvalue weighted by molar-refractivity contribution is -0.173. The minimum absolute atomic E-state index is 0.0877. The van der Waals surface area contributed by atoms with Gasteiger partial charge in [0.15, 0.2) is 0 Å². The average molecular weight is 352 g/mol. The van der Waals surface area contributed by atoms with E-state index in [1.54, 1.807) is 25.7 Å². The van der Waals surface area contributed by atoms with E-state index in [-0.39, 0.29) is 18.2 Å². The van der Waals surface area contributed by atoms with E-state index in [1.165, 1.54) is 12.0 Å². The molecule has 3 aliphatic rings. The van der Waals surface area contributed by atoms with Crippen LogP contribution < -0.4 is 0 Å². The number of rotatable bonds is 2. The van der Waals surface area contributed by atoms with Crippen molar-refractivity contribution < 1.29 is 28.7 Å². The molecule has 0 bridgehead atoms. The predicted molar refractivity (Wildman–Crippen MR) is 85.1 cm³/mol. The lowest BCUT2D eigenvalue weighted by Crippen LogP contribution is -2.63. The highest BCUT2D eigenvalue weighted by atomic mass is 16.6. The highest BCUT2D eigenvalue weighted by Gasteiger charge is 2.60. The van der Waals surface area contributed by atoms with E-state index >= 15 is 0 Å². The van der Waals surface area contributed by atoms with Gasteiger partial charge in [-0.2, -0.15) is 0 Å². The van der Waals surface area contributed by atoms with Crippen LogP contribution in [0.2, 0.25) is 0 Å². The first-order valence-electron chi connectivity index (χ1n) is 8.59. The van der Waals surface area contributed by atoms with Gasteiger partial charge in [-0.05, 0) is 40.0 Å². The number of methoxy groups -OCH3 is 1. The maximum atomic E-state index is 12.9. The van der Waals surface area contributed by atoms with Gasteiger partial charge in [0, 0.05) is 6.54 Å². The first kappa shape index (κ1) is 17.7. The molecule has 0 N–H and O–H groups in total. The standard InChI is InChI=1S/C17H24N2O6/c1-17(2,3)25-16(23)12-9(15(22)24-4)8-11-13(20)18-7-5-6-10(18)14(21)19(11)12/h9-12H,5-8H2,1-4H3/t9-,10-,11-,12-/m0/s1. The number of ether oxygens (including phenoxy) is 2. The first-order chi connectivity index (χ1) is 11.7. The summed E-state index contributed by atoms with van der Waals surface area (Å²) in [6, 6.07) is -2.45. The van der Waals surface area contributed by atoms with Gasteiger partial charge in [-0.3, -0.25) is 14.4 Å². The monoisotopic (exact) mass is 352 g/mol. The molecule has 3 heterocycles. The van der Waals surface area contributed by atoms with Gasteiger partial charge < -0.3 is 19.3 Å². The molecular formula is C17H24N2O6. The molecule has 3 aliphatic heterocycles. The number of amides is 2. The molecule has 0 aromatic rings. The number of piperazine rings is 1. The van der Waals surface area contributed by atoms with Gasteiger partial charge in [0.2, 0.25) is 11.8 Å². The average Bonchev–Trinajstić information content (AvgIpc) is 3.15. The van der Waals surface area contributed by atoms with E-state index in [9.17, 15) is 19.2 Å². The summed E-state index contributed by atoms with van der Waals surface area (Å²) in [6.07, 6.45) is 1.43. The zero-order chi connectivity index (χ0) is 18.5. The Morgan fingerprint density at radius 2 is 1.76 bits per heavy atom. The van der Waals surface area contributed by atoms with E-state index in [0.29, 0.717) is 13.0 Å². The van der Waals surface area contributed by atoms with Crippen LogP contribution in [0.4, 0.5) is 0 Å². The first-order valence-corrected chi connectivity index (χ1v) is 8.59. The summed E-state index contributed by atoms with van der Waals surface area (Å²) in [5.41, 5.74) is -0.766. The Labute approximate surface area is 146 Å². The number of esters is 2. The summed E-state index contributed by atoms with van der Waals surface area (Å²) in [7, 11) is 1.23. The van der Waals surface area contributed by atoms with Crippen molar-refractivity contribution in [2.24, 2.45) is 5.92 Å². The molecule has 0 radical (unpaired) electrons. The third kappa shape index (κ3) is 2.87. The predicted octanol–water partition coefficient (Wildman–Crippen LogP) is 0.0914. The molecule has 138 valence electrons. The van der Waals surface area contributed by atoms with Crippen LogP contribution >= 0.6 is 0 Å². The Balaban J connectivity index is 1.97. The summed E-state index contributed by atoms with van der Waals surface area (Å²) in [4.78, 5) is 53.5. The van der Waals surface area contributed by atoms with Crippen LogP contribution in [-0.2, 0) is 28.7 Å². The largest absolute Gasteiger partial charge is 0.469 e. The lowest BCUT2D eigenvalue weighted by atomic mass is 9.98. The van der Waals surface area contributed by atoms with Crippen molar-refractivity contribution in [2.45, 2.75) is 63.8 Å². The van der Waals surface area contributed by atoms with Crippen LogP contribution in [-0.4, -0.2) is 70.9 Å². The topological polar surface area (TPSA) is 93.2 Å². The third-order valence-corrected chi connectivity index (χ3v) is 5.01. The second kappa shape index (κ2) is 6.00. The van der Waals surface area contributed by atoms with Crippen LogP contribution in [0.25, 0.3) is 0 Å². The number of nitrogens with zero attached hydrogens (tertiary/aromatic N) is 2. The number of carbonyl (C=O) groups excluding carboxylic acids is 4. The van der Waals surface area contributed by atoms with Crippen LogP contribution in [0.3, 0.4) is 0 Å². The summed E-state index contributed by atoms with van der Waals surface area (Å²) in [6.45, 7) is 5.69. The van der Waals surface area contributed by atoms with Crippen molar-refractivity contribution in [3.05, 3.63) is 0 Å². The van der Waals surface area contributed by atoms with Gasteiger partial charge in [-0.15, -0.1) is 0 Å². The SMILES string of the molecule is COC(=O)[C@H]1C[C@H]2C(=O)N3CCC[C@H]3C(=O)N2[C@@H]1C(=O)OC(C)(C)C. The molecule has 0 aromatic heterocycles. The molecule has 4 atom stereocenters. The second-order valence-corrected chi connectivity index (χ2v) is 7.79. The zero-order valence-corrected chi connectivity index (χ0v) is 15.0. The quantitative estimate of drug-likeness (QED) is 0.654. The Bertz CT molecular complexity index is 625. The van der Waals surface area contributed by atoms with Gasteiger partial charge in [0.05, 0.1) is 13.0 Å². The summed E-state index contributed by atoms with van der Waals surface area (Å²) >= 11 is 0. The zero-order valence-electron chi connectivity index (χ0n) is 15.0. The van der Waals surface area contributed by atoms with Gasteiger partial charge in [0.25, 0.3) is 0 Å². The fraction of sp³-hybridized carbons (Fsp3) is 0.765. The van der Waals surface area contributed by atoms with E-state index in [4.69, 9.17) is 9.47 Å². The number of fused-ring (bicyclic) bond motifs is 2. The molecule has 3 fully saturated rings. The van der Waals surface area contributed by atoms with Crippen LogP contribution in [0.1, 0.15) is 40.0 Å². The number of hydrogen-bond donors (Lipinski definition) is 0. The minimum Gasteiger partial charge on any atom is -0.469 e. The Morgan fingerprint density at radius 3 is 2.36 bits per heavy atom. The lowest BCUT2D eigenvalue weighted by Gasteiger charge is -2.40. The van der Waals surface area contributed by atoms with Crippen molar-refractivity contribution in [1.29, 1.82) is 0 Å². The minimum atomic E-state index is -1.11. The molecule has 0 unspecified atom stereocenters. The van der Waals surface area contributed by atoms with Crippen molar-refractivity contribution >= 4 is 23.8 Å². The molecule has 8 heteroatoms. The van der Waals surface area contributed by atoms with Crippen molar-refractivity contribution in [1.82, 2.24) is 9.80 Å². The summed E-state index contributed by atoms with van der Waals surface area (Å²) < 4.78 is 10.2. The summed E-state index contributed by atoms with van der Waals surface area (Å²) in [5.74, 6) is -2.63. The van der Waals surface area contributed by atoms with E-state index in [1.807, 2.05) is 0 Å². The molecule has 0 aromatic carbocycles. The highest BCUT2D eigenvalue weighted by Crippen LogP contribution is 2.39. The molecule has 0 aliphatic carbocycles. The van der Waals surface area contributed by atoms with Gasteiger partial charge in [-0.1, -0.05) is 0 Å². The smallest absolute Gasteiger partial charge is 0.330 e. The van der Waals surface area contributed by atoms with Gasteiger partial charge in [-0.25, -0.2) is 4.79 Å². The van der Waals surface area contributed by atoms with Crippen molar-refractivity contribution in [3.8, 4) is 0 Å². The molecule has 3 saturated heterocycles. The molecule has 25 heavy (non-hydrogen) atoms. The van der Waals surface area contributed by atoms with Crippen LogP contribution in [0.5, 0.6) is 0 Å². The van der Waals surface area contributed by atoms with E-state index in [0.717, 1.165) is 6.42 Å². The highest BCUT2D eigenvalue weighted by molar-refractivity contribution is 6.02. The Kier molecular flexibility index (Phi) is 4.25. The van der Waals surface area contributed by atoms with Gasteiger partial charge in [0.1, 0.15) is 23.7 Å². The Morgan fingerprint density at radius 1 is 1.08 bits per heavy atom. The number of hydrogen-bond acceptors (Lipinski definition) is 6. The van der Waals surface area contributed by atoms with Gasteiger partial charge >= 0.3 is 11.9 Å². The third-order valence-electron chi connectivity index (χ3n) is 5.01. The maximum absolute atomic E-state index is 12.9. The number of carbonyl (C=O) groups is 4. The fourth-order valence-electron chi connectivity index (χ4n) is 4.05. The maximum Gasteiger partial charge on any atom is 0.330 e. The second-order valence-electron chi connectivity index (χ2n) is 7.79. The van der Waals surface area contributed by atoms with Crippen molar-refractivity contribution in [3.63, 3.8) is 0 Å². The van der Waals surface area contributed by atoms with Crippen LogP contribution in [0, 0.1) is 5.92 Å². The fourth-order valence-corrected chi connectivity index (χ4v) is 4.05. The van der Waals surface area contributed by atoms with Crippen molar-refractivity contribution in [2.75, 3.05) is 13.7 Å². The molecule has 0 saturated carbocycles. The molecule has 2 amide bonds. The molecule has 8 nitrogen and oxygen atoms in total. The normalized spacial score (nSPS) is 31.7.